The molecule has 1 aromatic heterocycles. The Morgan fingerprint density at radius 3 is 2.70 bits per heavy atom. The first kappa shape index (κ1) is 14.7. The largest absolute Gasteiger partial charge is 0.381 e. The first-order valence-corrected chi connectivity index (χ1v) is 6.85. The van der Waals surface area contributed by atoms with Gasteiger partial charge in [0.15, 0.2) is 0 Å². The van der Waals surface area contributed by atoms with Crippen LogP contribution in [0.15, 0.2) is 12.1 Å². The number of carbonyl (C=O) groups is 1. The highest BCUT2D eigenvalue weighted by atomic mass is 16.5. The molecule has 4 N–H and O–H groups in total. The molecule has 1 saturated carbocycles. The molecule has 0 atom stereocenters. The fourth-order valence-corrected chi connectivity index (χ4v) is 2.20. The molecule has 0 spiro atoms. The van der Waals surface area contributed by atoms with Crippen LogP contribution in [-0.2, 0) is 4.74 Å². The van der Waals surface area contributed by atoms with E-state index in [0.29, 0.717) is 11.4 Å². The summed E-state index contributed by atoms with van der Waals surface area (Å²) in [5.41, 5.74) is 3.93. The zero-order valence-corrected chi connectivity index (χ0v) is 12.1. The Morgan fingerprint density at radius 2 is 2.15 bits per heavy atom. The third-order valence-electron chi connectivity index (χ3n) is 3.61. The topological polar surface area (TPSA) is 89.3 Å². The highest BCUT2D eigenvalue weighted by Crippen LogP contribution is 2.23. The number of methoxy groups -OCH3 is 1. The Balaban J connectivity index is 2.07. The van der Waals surface area contributed by atoms with E-state index in [9.17, 15) is 4.79 Å². The van der Waals surface area contributed by atoms with Gasteiger partial charge in [0.25, 0.3) is 5.91 Å². The Kier molecular flexibility index (Phi) is 4.57. The third kappa shape index (κ3) is 3.26. The predicted octanol–water partition coefficient (Wildman–Crippen LogP) is 1.40. The molecule has 0 bridgehead atoms. The summed E-state index contributed by atoms with van der Waals surface area (Å²) in [6, 6.07) is 3.67. The number of ether oxygens (including phenoxy) is 1. The number of nitrogen functional groups attached to an aromatic ring is 1. The van der Waals surface area contributed by atoms with Crippen molar-refractivity contribution in [3.8, 4) is 0 Å². The molecule has 20 heavy (non-hydrogen) atoms. The predicted molar refractivity (Wildman–Crippen MR) is 77.4 cm³/mol. The summed E-state index contributed by atoms with van der Waals surface area (Å²) >= 11 is 0. The van der Waals surface area contributed by atoms with Gasteiger partial charge >= 0.3 is 0 Å². The minimum absolute atomic E-state index is 0.0923. The second-order valence-electron chi connectivity index (χ2n) is 5.46. The summed E-state index contributed by atoms with van der Waals surface area (Å²) in [6.07, 6.45) is 2.00. The van der Waals surface area contributed by atoms with E-state index in [1.165, 1.54) is 0 Å². The van der Waals surface area contributed by atoms with Crippen LogP contribution in [0.5, 0.6) is 0 Å². The van der Waals surface area contributed by atoms with Gasteiger partial charge in [-0.15, -0.1) is 0 Å². The Bertz CT molecular complexity index is 484. The van der Waals surface area contributed by atoms with Gasteiger partial charge in [-0.3, -0.25) is 4.79 Å². The van der Waals surface area contributed by atoms with Crippen LogP contribution < -0.4 is 16.6 Å². The second-order valence-corrected chi connectivity index (χ2v) is 5.46. The fraction of sp³-hybridized carbons (Fsp3) is 0.571. The number of nitrogens with one attached hydrogen (secondary N) is 2. The molecule has 1 aromatic rings. The van der Waals surface area contributed by atoms with Crippen molar-refractivity contribution in [1.29, 1.82) is 0 Å². The molecular weight excluding hydrogens is 256 g/mol. The maximum Gasteiger partial charge on any atom is 0.251 e. The maximum absolute atomic E-state index is 12.2. The summed E-state index contributed by atoms with van der Waals surface area (Å²) in [5, 5.41) is 3.00. The lowest BCUT2D eigenvalue weighted by molar-refractivity contribution is 0.0176. The first-order chi connectivity index (χ1) is 9.53. The van der Waals surface area contributed by atoms with Crippen LogP contribution in [0.25, 0.3) is 0 Å². The molecule has 6 heteroatoms. The van der Waals surface area contributed by atoms with E-state index < -0.39 is 0 Å². The number of amides is 1. The van der Waals surface area contributed by atoms with Crippen molar-refractivity contribution < 1.29 is 9.53 Å². The lowest BCUT2D eigenvalue weighted by Gasteiger charge is -2.34. The van der Waals surface area contributed by atoms with E-state index in [2.05, 4.69) is 15.7 Å². The van der Waals surface area contributed by atoms with Crippen LogP contribution in [0.1, 0.15) is 48.7 Å². The van der Waals surface area contributed by atoms with Gasteiger partial charge in [-0.05, 0) is 30.9 Å². The SMILES string of the molecule is COC1CC(NC(=O)c2cc(NN)nc(C(C)C)c2)C1. The van der Waals surface area contributed by atoms with Gasteiger partial charge < -0.3 is 15.5 Å². The van der Waals surface area contributed by atoms with E-state index in [4.69, 9.17) is 10.6 Å². The molecule has 0 aromatic carbocycles. The molecule has 6 nitrogen and oxygen atoms in total. The van der Waals surface area contributed by atoms with Crippen LogP contribution in [0.4, 0.5) is 5.82 Å². The summed E-state index contributed by atoms with van der Waals surface area (Å²) in [5.74, 6) is 6.05. The van der Waals surface area contributed by atoms with Crippen LogP contribution in [0, 0.1) is 0 Å². The van der Waals surface area contributed by atoms with Crippen LogP contribution in [0.3, 0.4) is 0 Å². The van der Waals surface area contributed by atoms with Crippen LogP contribution >= 0.6 is 0 Å². The summed E-state index contributed by atoms with van der Waals surface area (Å²) in [6.45, 7) is 4.05. The van der Waals surface area contributed by atoms with Crippen LogP contribution in [-0.4, -0.2) is 30.1 Å². The molecule has 1 aliphatic carbocycles. The quantitative estimate of drug-likeness (QED) is 0.559. The van der Waals surface area contributed by atoms with E-state index in [-0.39, 0.29) is 24.0 Å². The summed E-state index contributed by atoms with van der Waals surface area (Å²) in [7, 11) is 1.69. The molecule has 1 amide bonds. The summed E-state index contributed by atoms with van der Waals surface area (Å²) in [4.78, 5) is 16.6. The van der Waals surface area contributed by atoms with E-state index in [1.54, 1.807) is 13.2 Å². The Labute approximate surface area is 119 Å². The molecule has 110 valence electrons. The van der Waals surface area contributed by atoms with Crippen molar-refractivity contribution in [1.82, 2.24) is 10.3 Å². The number of pyridine rings is 1. The van der Waals surface area contributed by atoms with E-state index in [0.717, 1.165) is 18.5 Å². The molecule has 0 unspecified atom stereocenters. The molecule has 1 heterocycles. The van der Waals surface area contributed by atoms with Crippen molar-refractivity contribution in [3.05, 3.63) is 23.4 Å². The van der Waals surface area contributed by atoms with Crippen molar-refractivity contribution >= 4 is 11.7 Å². The summed E-state index contributed by atoms with van der Waals surface area (Å²) < 4.78 is 5.20. The lowest BCUT2D eigenvalue weighted by Crippen LogP contribution is -2.47. The molecule has 1 fully saturated rings. The highest BCUT2D eigenvalue weighted by Gasteiger charge is 2.30. The average molecular weight is 278 g/mol. The zero-order valence-electron chi connectivity index (χ0n) is 12.1. The molecule has 2 rings (SSSR count). The van der Waals surface area contributed by atoms with Crippen LogP contribution in [0.2, 0.25) is 0 Å². The standard InChI is InChI=1S/C14H22N4O2/c1-8(2)12-4-9(5-13(17-12)18-15)14(19)16-10-6-11(7-10)20-3/h4-5,8,10-11H,6-7,15H2,1-3H3,(H,16,19)(H,17,18). The number of hydrogen-bond acceptors (Lipinski definition) is 5. The number of rotatable bonds is 5. The zero-order chi connectivity index (χ0) is 14.7. The monoisotopic (exact) mass is 278 g/mol. The van der Waals surface area contributed by atoms with Crippen molar-refractivity contribution in [3.63, 3.8) is 0 Å². The number of nitrogens with zero attached hydrogens (tertiary/aromatic N) is 1. The number of carbonyl (C=O) groups excluding carboxylic acids is 1. The van der Waals surface area contributed by atoms with Crippen molar-refractivity contribution in [2.75, 3.05) is 12.5 Å². The second kappa shape index (κ2) is 6.19. The normalized spacial score (nSPS) is 21.4. The van der Waals surface area contributed by atoms with Gasteiger partial charge in [0.2, 0.25) is 0 Å². The number of aromatic nitrogens is 1. The average Bonchev–Trinajstić information content (AvgIpc) is 2.41. The minimum atomic E-state index is -0.0923. The van der Waals surface area contributed by atoms with Crippen molar-refractivity contribution in [2.24, 2.45) is 5.84 Å². The first-order valence-electron chi connectivity index (χ1n) is 6.85. The molecule has 0 aliphatic heterocycles. The van der Waals surface area contributed by atoms with Crippen molar-refractivity contribution in [2.45, 2.75) is 44.8 Å². The molecule has 1 aliphatic rings. The third-order valence-corrected chi connectivity index (χ3v) is 3.61. The molecular formula is C14H22N4O2. The fourth-order valence-electron chi connectivity index (χ4n) is 2.20. The minimum Gasteiger partial charge on any atom is -0.381 e. The number of hydrazine groups is 1. The highest BCUT2D eigenvalue weighted by molar-refractivity contribution is 5.95. The number of nitrogens with two attached hydrogens (primary N) is 1. The van der Waals surface area contributed by atoms with Gasteiger partial charge in [0.1, 0.15) is 5.82 Å². The van der Waals surface area contributed by atoms with Gasteiger partial charge in [0, 0.05) is 24.4 Å². The van der Waals surface area contributed by atoms with Gasteiger partial charge in [-0.2, -0.15) is 0 Å². The number of hydrogen-bond donors (Lipinski definition) is 3. The smallest absolute Gasteiger partial charge is 0.251 e. The maximum atomic E-state index is 12.2. The molecule has 0 saturated heterocycles. The Morgan fingerprint density at radius 1 is 1.45 bits per heavy atom. The van der Waals surface area contributed by atoms with E-state index >= 15 is 0 Å². The molecule has 0 radical (unpaired) electrons. The van der Waals surface area contributed by atoms with E-state index in [1.807, 2.05) is 19.9 Å². The van der Waals surface area contributed by atoms with Gasteiger partial charge in [-0.1, -0.05) is 13.8 Å². The Hall–Kier alpha value is -1.66. The van der Waals surface area contributed by atoms with Gasteiger partial charge in [0.05, 0.1) is 6.10 Å². The lowest BCUT2D eigenvalue weighted by atomic mass is 9.89. The number of anilines is 1. The van der Waals surface area contributed by atoms with Gasteiger partial charge in [-0.25, -0.2) is 10.8 Å².